The van der Waals surface area contributed by atoms with Crippen LogP contribution >= 0.6 is 24.0 Å². The number of nitrogens with two attached hydrogens (primary N) is 1. The molecule has 0 bridgehead atoms. The number of Topliss-reactive ketones (excluding diaryl/α,β-unsaturated/α-hetero) is 1. The lowest BCUT2D eigenvalue weighted by Gasteiger charge is -2.25. The molecule has 1 aliphatic heterocycles. The first-order valence-corrected chi connectivity index (χ1v) is 12.1. The third-order valence-electron chi connectivity index (χ3n) is 5.69. The summed E-state index contributed by atoms with van der Waals surface area (Å²) in [5.41, 5.74) is 6.32. The largest absolute Gasteiger partial charge is 0.319 e. The van der Waals surface area contributed by atoms with Gasteiger partial charge in [0, 0.05) is 11.4 Å². The van der Waals surface area contributed by atoms with E-state index in [0.29, 0.717) is 22.9 Å². The first-order valence-electron chi connectivity index (χ1n) is 10.1. The molecule has 0 unspecified atom stereocenters. The maximum Gasteiger partial charge on any atom is 0.245 e. The van der Waals surface area contributed by atoms with Crippen molar-refractivity contribution in [1.29, 1.82) is 0 Å². The van der Waals surface area contributed by atoms with Crippen molar-refractivity contribution in [1.82, 2.24) is 0 Å². The quantitative estimate of drug-likeness (QED) is 0.606. The summed E-state index contributed by atoms with van der Waals surface area (Å²) in [7, 11) is -4.03. The van der Waals surface area contributed by atoms with Crippen molar-refractivity contribution in [3.05, 3.63) is 58.4 Å². The summed E-state index contributed by atoms with van der Waals surface area (Å²) in [5, 5.41) is 0.510. The smallest absolute Gasteiger partial charge is 0.245 e. The Labute approximate surface area is 197 Å². The van der Waals surface area contributed by atoms with Gasteiger partial charge in [0.25, 0.3) is 0 Å². The van der Waals surface area contributed by atoms with E-state index in [1.54, 1.807) is 24.3 Å². The van der Waals surface area contributed by atoms with Crippen LogP contribution in [0.2, 0.25) is 5.02 Å². The van der Waals surface area contributed by atoms with Gasteiger partial charge in [0.05, 0.1) is 34.5 Å². The monoisotopic (exact) mass is 500 g/mol. The molecule has 1 fully saturated rings. The zero-order valence-corrected chi connectivity index (χ0v) is 19.5. The molecule has 1 atom stereocenters. The Balaban J connectivity index is 0.00000289. The van der Waals surface area contributed by atoms with E-state index in [9.17, 15) is 22.4 Å². The molecule has 172 valence electrons. The van der Waals surface area contributed by atoms with Gasteiger partial charge >= 0.3 is 0 Å². The molecule has 0 radical (unpaired) electrons. The summed E-state index contributed by atoms with van der Waals surface area (Å²) in [6, 6.07) is 7.42. The van der Waals surface area contributed by atoms with Crippen molar-refractivity contribution in [2.24, 2.45) is 11.7 Å². The normalized spacial score (nSPS) is 19.7. The Morgan fingerprint density at radius 1 is 1.19 bits per heavy atom. The molecule has 1 amide bonds. The van der Waals surface area contributed by atoms with Gasteiger partial charge in [-0.05, 0) is 42.2 Å². The fourth-order valence-corrected chi connectivity index (χ4v) is 5.44. The molecule has 32 heavy (non-hydrogen) atoms. The second kappa shape index (κ2) is 9.47. The van der Waals surface area contributed by atoms with Gasteiger partial charge in [-0.15, -0.1) is 12.4 Å². The summed E-state index contributed by atoms with van der Waals surface area (Å²) in [6.07, 6.45) is 2.99. The number of sulfone groups is 1. The number of ketones is 1. The molecule has 2 aromatic carbocycles. The number of benzene rings is 2. The summed E-state index contributed by atoms with van der Waals surface area (Å²) < 4.78 is 40.4. The molecule has 1 aliphatic carbocycles. The van der Waals surface area contributed by atoms with E-state index < -0.39 is 39.1 Å². The molecule has 1 saturated carbocycles. The topological polar surface area (TPSA) is 97.5 Å². The predicted molar refractivity (Wildman–Crippen MR) is 123 cm³/mol. The zero-order valence-electron chi connectivity index (χ0n) is 17.1. The van der Waals surface area contributed by atoms with E-state index in [1.807, 2.05) is 0 Å². The van der Waals surface area contributed by atoms with E-state index in [4.69, 9.17) is 17.3 Å². The van der Waals surface area contributed by atoms with Gasteiger partial charge in [-0.1, -0.05) is 36.6 Å². The minimum atomic E-state index is -4.03. The molecule has 10 heteroatoms. The van der Waals surface area contributed by atoms with Gasteiger partial charge in [-0.2, -0.15) is 0 Å². The van der Waals surface area contributed by atoms with Crippen molar-refractivity contribution in [2.75, 3.05) is 10.7 Å². The Kier molecular flexibility index (Phi) is 7.29. The van der Waals surface area contributed by atoms with Crippen LogP contribution in [0.25, 0.3) is 0 Å². The van der Waals surface area contributed by atoms with Gasteiger partial charge in [-0.3, -0.25) is 9.59 Å². The van der Waals surface area contributed by atoms with Crippen molar-refractivity contribution in [2.45, 2.75) is 43.2 Å². The molecule has 2 N–H and O–H groups in total. The highest BCUT2D eigenvalue weighted by Gasteiger charge is 2.37. The number of carbonyl (C=O) groups excluding carboxylic acids is 2. The molecule has 0 spiro atoms. The minimum absolute atomic E-state index is 0. The number of nitrogens with zero attached hydrogens (tertiary/aromatic N) is 1. The van der Waals surface area contributed by atoms with Crippen molar-refractivity contribution >= 4 is 51.2 Å². The van der Waals surface area contributed by atoms with E-state index in [2.05, 4.69) is 0 Å². The molecule has 0 saturated heterocycles. The minimum Gasteiger partial charge on any atom is -0.319 e. The third-order valence-corrected chi connectivity index (χ3v) is 7.73. The van der Waals surface area contributed by atoms with E-state index >= 15 is 0 Å². The average Bonchev–Trinajstić information content (AvgIpc) is 3.55. The Morgan fingerprint density at radius 2 is 1.84 bits per heavy atom. The maximum absolute atomic E-state index is 14.8. The van der Waals surface area contributed by atoms with E-state index in [-0.39, 0.29) is 41.5 Å². The van der Waals surface area contributed by atoms with Crippen LogP contribution in [0.4, 0.5) is 10.1 Å². The van der Waals surface area contributed by atoms with E-state index in [0.717, 1.165) is 18.9 Å². The number of hydrogen-bond donors (Lipinski definition) is 1. The second-order valence-electron chi connectivity index (χ2n) is 8.14. The SMILES string of the molecule is Cl.N[C@H]1CS(=O)(=O)c2cc(F)c(C(=O)CCC3CC3)cc2N(Cc2ccc(Cl)cc2)C1=O. The fourth-order valence-electron chi connectivity index (χ4n) is 3.75. The molecular formula is C22H23Cl2FN2O4S. The highest BCUT2D eigenvalue weighted by atomic mass is 35.5. The predicted octanol–water partition coefficient (Wildman–Crippen LogP) is 3.92. The number of amides is 1. The molecule has 4 rings (SSSR count). The van der Waals surface area contributed by atoms with Crippen LogP contribution in [-0.4, -0.2) is 31.9 Å². The second-order valence-corrected chi connectivity index (χ2v) is 10.6. The summed E-state index contributed by atoms with van der Waals surface area (Å²) in [6.45, 7) is 0.00750. The van der Waals surface area contributed by atoms with Crippen molar-refractivity contribution in [3.63, 3.8) is 0 Å². The zero-order chi connectivity index (χ0) is 22.3. The lowest BCUT2D eigenvalue weighted by Crippen LogP contribution is -2.45. The maximum atomic E-state index is 14.8. The molecule has 6 nitrogen and oxygen atoms in total. The van der Waals surface area contributed by atoms with Gasteiger partial charge in [-0.25, -0.2) is 12.8 Å². The number of halogens is 3. The van der Waals surface area contributed by atoms with Crippen LogP contribution in [0.15, 0.2) is 41.3 Å². The standard InChI is InChI=1S/C22H22ClFN2O4S.ClH/c23-15-6-3-14(4-7-15)11-26-19-9-16(20(27)8-5-13-1-2-13)17(24)10-21(19)31(29,30)12-18(25)22(26)28;/h3-4,6-7,9-10,13,18H,1-2,5,8,11-12,25H2;1H/t18-;/m0./s1. The third kappa shape index (κ3) is 5.14. The van der Waals surface area contributed by atoms with Gasteiger partial charge < -0.3 is 10.6 Å². The molecule has 1 heterocycles. The number of anilines is 1. The van der Waals surface area contributed by atoms with Gasteiger partial charge in [0.15, 0.2) is 15.6 Å². The summed E-state index contributed by atoms with van der Waals surface area (Å²) in [5.74, 6) is -2.06. The van der Waals surface area contributed by atoms with Crippen LogP contribution in [0.1, 0.15) is 41.6 Å². The van der Waals surface area contributed by atoms with Crippen molar-refractivity contribution < 1.29 is 22.4 Å². The number of carbonyl (C=O) groups is 2. The van der Waals surface area contributed by atoms with Crippen LogP contribution < -0.4 is 10.6 Å². The van der Waals surface area contributed by atoms with Crippen LogP contribution in [0.3, 0.4) is 0 Å². The number of hydrogen-bond acceptors (Lipinski definition) is 5. The number of fused-ring (bicyclic) bond motifs is 1. The average molecular weight is 501 g/mol. The van der Waals surface area contributed by atoms with Crippen LogP contribution in [0, 0.1) is 11.7 Å². The summed E-state index contributed by atoms with van der Waals surface area (Å²) in [4.78, 5) is 26.5. The molecule has 2 aromatic rings. The first kappa shape index (κ1) is 24.6. The first-order chi connectivity index (χ1) is 14.7. The highest BCUT2D eigenvalue weighted by Crippen LogP contribution is 2.36. The lowest BCUT2D eigenvalue weighted by atomic mass is 10.0. The molecular weight excluding hydrogens is 478 g/mol. The van der Waals surface area contributed by atoms with Crippen molar-refractivity contribution in [3.8, 4) is 0 Å². The van der Waals surface area contributed by atoms with Crippen LogP contribution in [0.5, 0.6) is 0 Å². The Bertz CT molecular complexity index is 1150. The Morgan fingerprint density at radius 3 is 2.47 bits per heavy atom. The summed E-state index contributed by atoms with van der Waals surface area (Å²) >= 11 is 5.92. The van der Waals surface area contributed by atoms with Gasteiger partial charge in [0.2, 0.25) is 5.91 Å². The number of rotatable bonds is 6. The molecule has 2 aliphatic rings. The molecule has 0 aromatic heterocycles. The highest BCUT2D eigenvalue weighted by molar-refractivity contribution is 7.91. The van der Waals surface area contributed by atoms with E-state index in [1.165, 1.54) is 11.0 Å². The fraction of sp³-hybridized carbons (Fsp3) is 0.364. The van der Waals surface area contributed by atoms with Crippen LogP contribution in [-0.2, 0) is 21.2 Å². The Hall–Kier alpha value is -2.00. The lowest BCUT2D eigenvalue weighted by molar-refractivity contribution is -0.119. The van der Waals surface area contributed by atoms with Gasteiger partial charge in [0.1, 0.15) is 5.82 Å².